The second-order valence-electron chi connectivity index (χ2n) is 6.06. The molecule has 0 aliphatic heterocycles. The molecular weight excluding hydrogens is 346 g/mol. The minimum atomic E-state index is -0.323. The van der Waals surface area contributed by atoms with Crippen LogP contribution in [0.3, 0.4) is 0 Å². The topological polar surface area (TPSA) is 93.3 Å². The lowest BCUT2D eigenvalue weighted by atomic mass is 10.2. The Hall–Kier alpha value is -3.61. The van der Waals surface area contributed by atoms with Crippen molar-refractivity contribution in [1.82, 2.24) is 9.88 Å². The smallest absolute Gasteiger partial charge is 0.251 e. The van der Waals surface area contributed by atoms with E-state index in [0.717, 1.165) is 5.56 Å². The van der Waals surface area contributed by atoms with Crippen molar-refractivity contribution < 1.29 is 14.0 Å². The average molecular weight is 365 g/mol. The number of carbonyl (C=O) groups excluding carboxylic acids is 2. The Kier molecular flexibility index (Phi) is 5.51. The van der Waals surface area contributed by atoms with Gasteiger partial charge in [0, 0.05) is 23.5 Å². The molecule has 0 saturated carbocycles. The molecule has 0 saturated heterocycles. The number of hydrogen-bond donors (Lipinski definition) is 2. The largest absolute Gasteiger partial charge is 0.467 e. The number of amides is 2. The maximum Gasteiger partial charge on any atom is 0.251 e. The third-order valence-electron chi connectivity index (χ3n) is 3.90. The van der Waals surface area contributed by atoms with Crippen LogP contribution in [0.4, 0.5) is 5.69 Å². The van der Waals surface area contributed by atoms with Gasteiger partial charge in [-0.1, -0.05) is 0 Å². The summed E-state index contributed by atoms with van der Waals surface area (Å²) in [5.41, 5.74) is 1.63. The van der Waals surface area contributed by atoms with Crippen LogP contribution in [0.15, 0.2) is 70.2 Å². The maximum atomic E-state index is 12.1. The highest BCUT2D eigenvalue weighted by Crippen LogP contribution is 2.10. The average Bonchev–Trinajstić information content (AvgIpc) is 3.16. The Labute approximate surface area is 155 Å². The van der Waals surface area contributed by atoms with E-state index in [0.29, 0.717) is 23.6 Å². The maximum absolute atomic E-state index is 12.1. The van der Waals surface area contributed by atoms with Crippen LogP contribution in [0, 0.1) is 6.92 Å². The molecule has 138 valence electrons. The van der Waals surface area contributed by atoms with Gasteiger partial charge >= 0.3 is 0 Å². The molecule has 0 radical (unpaired) electrons. The van der Waals surface area contributed by atoms with Crippen molar-refractivity contribution in [2.45, 2.75) is 20.0 Å². The molecule has 2 heterocycles. The third kappa shape index (κ3) is 4.94. The predicted molar refractivity (Wildman–Crippen MR) is 100 cm³/mol. The molecule has 0 aliphatic carbocycles. The molecule has 0 aliphatic rings. The minimum Gasteiger partial charge on any atom is -0.467 e. The summed E-state index contributed by atoms with van der Waals surface area (Å²) in [6.45, 7) is 2.04. The van der Waals surface area contributed by atoms with Crippen molar-refractivity contribution in [3.05, 3.63) is 88.2 Å². The highest BCUT2D eigenvalue weighted by molar-refractivity contribution is 5.95. The van der Waals surface area contributed by atoms with Crippen LogP contribution in [0.1, 0.15) is 21.7 Å². The van der Waals surface area contributed by atoms with Crippen molar-refractivity contribution in [3.63, 3.8) is 0 Å². The summed E-state index contributed by atoms with van der Waals surface area (Å²) >= 11 is 0. The highest BCUT2D eigenvalue weighted by atomic mass is 16.3. The second kappa shape index (κ2) is 8.18. The molecule has 2 N–H and O–H groups in total. The lowest BCUT2D eigenvalue weighted by Crippen LogP contribution is -2.27. The summed E-state index contributed by atoms with van der Waals surface area (Å²) in [6.07, 6.45) is 3.13. The van der Waals surface area contributed by atoms with E-state index in [1.54, 1.807) is 54.9 Å². The molecule has 7 nitrogen and oxygen atoms in total. The van der Waals surface area contributed by atoms with Gasteiger partial charge in [-0.15, -0.1) is 0 Å². The van der Waals surface area contributed by atoms with Gasteiger partial charge in [0.05, 0.1) is 12.8 Å². The van der Waals surface area contributed by atoms with E-state index in [1.165, 1.54) is 10.6 Å². The van der Waals surface area contributed by atoms with Crippen molar-refractivity contribution in [2.75, 3.05) is 5.32 Å². The second-order valence-corrected chi connectivity index (χ2v) is 6.06. The zero-order chi connectivity index (χ0) is 19.2. The number of aromatic nitrogens is 1. The van der Waals surface area contributed by atoms with E-state index in [9.17, 15) is 14.4 Å². The summed E-state index contributed by atoms with van der Waals surface area (Å²) < 4.78 is 6.49. The van der Waals surface area contributed by atoms with Gasteiger partial charge in [0.1, 0.15) is 12.3 Å². The summed E-state index contributed by atoms with van der Waals surface area (Å²) in [6, 6.07) is 13.3. The summed E-state index contributed by atoms with van der Waals surface area (Å²) in [4.78, 5) is 36.0. The van der Waals surface area contributed by atoms with Gasteiger partial charge in [0.2, 0.25) is 5.91 Å². The van der Waals surface area contributed by atoms with Crippen molar-refractivity contribution >= 4 is 17.5 Å². The molecule has 0 fully saturated rings. The Bertz CT molecular complexity index is 989. The van der Waals surface area contributed by atoms with Gasteiger partial charge in [-0.05, 0) is 55.0 Å². The van der Waals surface area contributed by atoms with Crippen LogP contribution in [-0.2, 0) is 17.9 Å². The zero-order valence-corrected chi connectivity index (χ0v) is 14.8. The molecule has 7 heteroatoms. The van der Waals surface area contributed by atoms with Crippen LogP contribution in [0.2, 0.25) is 0 Å². The van der Waals surface area contributed by atoms with E-state index in [2.05, 4.69) is 10.6 Å². The van der Waals surface area contributed by atoms with Gasteiger partial charge in [-0.25, -0.2) is 0 Å². The van der Waals surface area contributed by atoms with Crippen molar-refractivity contribution in [2.24, 2.45) is 0 Å². The standard InChI is InChI=1S/C20H19N3O4/c1-14-8-9-23(19(25)11-14)13-18(24)22-16-6-4-15(5-7-16)20(26)21-12-17-3-2-10-27-17/h2-11H,12-13H2,1H3,(H,21,26)(H,22,24). The van der Waals surface area contributed by atoms with Gasteiger partial charge in [-0.2, -0.15) is 0 Å². The molecule has 0 spiro atoms. The van der Waals surface area contributed by atoms with Crippen LogP contribution in [0.5, 0.6) is 0 Å². The first kappa shape index (κ1) is 18.2. The van der Waals surface area contributed by atoms with Crippen molar-refractivity contribution in [1.29, 1.82) is 0 Å². The first-order valence-electron chi connectivity index (χ1n) is 8.39. The summed E-state index contributed by atoms with van der Waals surface area (Å²) in [7, 11) is 0. The Morgan fingerprint density at radius 3 is 2.56 bits per heavy atom. The Morgan fingerprint density at radius 2 is 1.89 bits per heavy atom. The van der Waals surface area contributed by atoms with Crippen LogP contribution in [0.25, 0.3) is 0 Å². The number of hydrogen-bond acceptors (Lipinski definition) is 4. The monoisotopic (exact) mass is 365 g/mol. The van der Waals surface area contributed by atoms with E-state index in [-0.39, 0.29) is 23.9 Å². The van der Waals surface area contributed by atoms with Crippen LogP contribution >= 0.6 is 0 Å². The highest BCUT2D eigenvalue weighted by Gasteiger charge is 2.08. The van der Waals surface area contributed by atoms with E-state index in [1.807, 2.05) is 6.92 Å². The molecule has 0 atom stereocenters. The molecule has 3 aromatic rings. The number of rotatable bonds is 6. The fraction of sp³-hybridized carbons (Fsp3) is 0.150. The number of benzene rings is 1. The molecule has 3 rings (SSSR count). The van der Waals surface area contributed by atoms with Crippen LogP contribution < -0.4 is 16.2 Å². The molecule has 1 aromatic carbocycles. The van der Waals surface area contributed by atoms with Gasteiger partial charge in [0.15, 0.2) is 0 Å². The number of nitrogens with zero attached hydrogens (tertiary/aromatic N) is 1. The molecule has 27 heavy (non-hydrogen) atoms. The van der Waals surface area contributed by atoms with Gasteiger partial charge in [0.25, 0.3) is 11.5 Å². The lowest BCUT2D eigenvalue weighted by molar-refractivity contribution is -0.116. The minimum absolute atomic E-state index is 0.0789. The summed E-state index contributed by atoms with van der Waals surface area (Å²) in [5, 5.41) is 5.45. The molecule has 2 amide bonds. The normalized spacial score (nSPS) is 10.4. The van der Waals surface area contributed by atoms with E-state index >= 15 is 0 Å². The number of furan rings is 1. The zero-order valence-electron chi connectivity index (χ0n) is 14.8. The van der Waals surface area contributed by atoms with Crippen molar-refractivity contribution in [3.8, 4) is 0 Å². The fourth-order valence-electron chi connectivity index (χ4n) is 2.48. The molecule has 0 unspecified atom stereocenters. The predicted octanol–water partition coefficient (Wildman–Crippen LogP) is 2.32. The molecule has 2 aromatic heterocycles. The van der Waals surface area contributed by atoms with Crippen LogP contribution in [-0.4, -0.2) is 16.4 Å². The third-order valence-corrected chi connectivity index (χ3v) is 3.90. The summed E-state index contributed by atoms with van der Waals surface area (Å²) in [5.74, 6) is 0.102. The first-order valence-corrected chi connectivity index (χ1v) is 8.39. The quantitative estimate of drug-likeness (QED) is 0.701. The molecule has 0 bridgehead atoms. The Morgan fingerprint density at radius 1 is 1.11 bits per heavy atom. The fourth-order valence-corrected chi connectivity index (χ4v) is 2.48. The van der Waals surface area contributed by atoms with E-state index < -0.39 is 0 Å². The lowest BCUT2D eigenvalue weighted by Gasteiger charge is -2.09. The van der Waals surface area contributed by atoms with Gasteiger partial charge < -0.3 is 19.6 Å². The SMILES string of the molecule is Cc1ccn(CC(=O)Nc2ccc(C(=O)NCc3ccco3)cc2)c(=O)c1. The van der Waals surface area contributed by atoms with Gasteiger partial charge in [-0.3, -0.25) is 14.4 Å². The first-order chi connectivity index (χ1) is 13.0. The number of aryl methyl sites for hydroxylation is 1. The van der Waals surface area contributed by atoms with E-state index in [4.69, 9.17) is 4.42 Å². The Balaban J connectivity index is 1.55. The number of anilines is 1. The number of pyridine rings is 1. The number of nitrogens with one attached hydrogen (secondary N) is 2. The molecular formula is C20H19N3O4. The number of carbonyl (C=O) groups is 2.